The van der Waals surface area contributed by atoms with Crippen LogP contribution in [0.2, 0.25) is 0 Å². The Morgan fingerprint density at radius 2 is 1.95 bits per heavy atom. The average Bonchev–Trinajstić information content (AvgIpc) is 2.45. The molecule has 0 fully saturated rings. The fraction of sp³-hybridized carbons (Fsp3) is 0.286. The maximum Gasteiger partial charge on any atom is 0.189 e. The summed E-state index contributed by atoms with van der Waals surface area (Å²) >= 11 is 10.3. The lowest BCUT2D eigenvalue weighted by atomic mass is 10.1. The van der Waals surface area contributed by atoms with Crippen LogP contribution >= 0.6 is 24.4 Å². The number of para-hydroxylation sites is 1. The summed E-state index contributed by atoms with van der Waals surface area (Å²) in [5.41, 5.74) is 9.08. The smallest absolute Gasteiger partial charge is 0.189 e. The van der Waals surface area contributed by atoms with Crippen LogP contribution in [-0.2, 0) is 6.42 Å². The normalized spacial score (nSPS) is 9.50. The number of hydrogen-bond donors (Lipinski definition) is 4. The fourth-order valence-electron chi connectivity index (χ4n) is 1.67. The van der Waals surface area contributed by atoms with Gasteiger partial charge in [0.25, 0.3) is 0 Å². The zero-order valence-corrected chi connectivity index (χ0v) is 13.4. The quantitative estimate of drug-likeness (QED) is 0.389. The molecular formula is C14H20N4S2. The van der Waals surface area contributed by atoms with Crippen LogP contribution < -0.4 is 21.5 Å². The van der Waals surface area contributed by atoms with Gasteiger partial charge < -0.3 is 10.6 Å². The molecular weight excluding hydrogens is 288 g/mol. The van der Waals surface area contributed by atoms with Crippen LogP contribution in [0.15, 0.2) is 30.9 Å². The topological polar surface area (TPSA) is 48.1 Å². The van der Waals surface area contributed by atoms with Gasteiger partial charge in [0.2, 0.25) is 0 Å². The maximum atomic E-state index is 5.24. The molecule has 0 aliphatic heterocycles. The second-order valence-electron chi connectivity index (χ2n) is 4.17. The number of rotatable bonds is 4. The van der Waals surface area contributed by atoms with Crippen molar-refractivity contribution in [1.82, 2.24) is 16.2 Å². The van der Waals surface area contributed by atoms with Crippen LogP contribution in [0.1, 0.15) is 18.1 Å². The van der Waals surface area contributed by atoms with E-state index in [4.69, 9.17) is 24.4 Å². The van der Waals surface area contributed by atoms with E-state index in [0.717, 1.165) is 17.7 Å². The van der Waals surface area contributed by atoms with Gasteiger partial charge in [0.05, 0.1) is 0 Å². The second kappa shape index (κ2) is 8.50. The van der Waals surface area contributed by atoms with Crippen molar-refractivity contribution in [2.45, 2.75) is 20.3 Å². The zero-order chi connectivity index (χ0) is 15.0. The Hall–Kier alpha value is -1.66. The van der Waals surface area contributed by atoms with E-state index in [9.17, 15) is 0 Å². The Bertz CT molecular complexity index is 500. The molecule has 4 N–H and O–H groups in total. The van der Waals surface area contributed by atoms with Gasteiger partial charge >= 0.3 is 0 Å². The Kier molecular flexibility index (Phi) is 6.97. The van der Waals surface area contributed by atoms with Gasteiger partial charge in [-0.25, -0.2) is 0 Å². The third-order valence-corrected chi connectivity index (χ3v) is 3.13. The Morgan fingerprint density at radius 3 is 2.60 bits per heavy atom. The first-order valence-corrected chi connectivity index (χ1v) is 7.20. The molecule has 0 atom stereocenters. The van der Waals surface area contributed by atoms with Gasteiger partial charge in [-0.2, -0.15) is 0 Å². The summed E-state index contributed by atoms with van der Waals surface area (Å²) in [5.74, 6) is 0. The van der Waals surface area contributed by atoms with E-state index >= 15 is 0 Å². The first-order chi connectivity index (χ1) is 9.58. The minimum Gasteiger partial charge on any atom is -0.358 e. The molecule has 0 amide bonds. The van der Waals surface area contributed by atoms with Gasteiger partial charge in [-0.15, -0.1) is 6.58 Å². The lowest BCUT2D eigenvalue weighted by Crippen LogP contribution is -2.48. The highest BCUT2D eigenvalue weighted by Crippen LogP contribution is 2.20. The molecule has 1 rings (SSSR count). The average molecular weight is 308 g/mol. The van der Waals surface area contributed by atoms with E-state index in [-0.39, 0.29) is 0 Å². The van der Waals surface area contributed by atoms with Crippen molar-refractivity contribution in [3.05, 3.63) is 42.0 Å². The van der Waals surface area contributed by atoms with Crippen LogP contribution in [0, 0.1) is 6.92 Å². The molecule has 1 aromatic carbocycles. The van der Waals surface area contributed by atoms with Gasteiger partial charge in [0, 0.05) is 12.2 Å². The third kappa shape index (κ3) is 5.14. The Balaban J connectivity index is 2.54. The molecule has 0 heterocycles. The lowest BCUT2D eigenvalue weighted by Gasteiger charge is -2.17. The lowest BCUT2D eigenvalue weighted by molar-refractivity contribution is 0.839. The standard InChI is InChI=1S/C14H20N4S2/c1-4-9-15-13(19)17-18-14(20)16-12-10(3)7-6-8-11(12)5-2/h4,6-8H,1,5,9H2,2-3H3,(H2,15,17,19)(H2,16,18,20). The van der Waals surface area contributed by atoms with Crippen LogP contribution in [0.4, 0.5) is 5.69 Å². The fourth-order valence-corrected chi connectivity index (χ4v) is 1.96. The highest BCUT2D eigenvalue weighted by Gasteiger charge is 2.06. The summed E-state index contributed by atoms with van der Waals surface area (Å²) in [6.45, 7) is 8.37. The molecule has 6 heteroatoms. The van der Waals surface area contributed by atoms with Crippen LogP contribution in [-0.4, -0.2) is 16.8 Å². The minimum atomic E-state index is 0.467. The van der Waals surface area contributed by atoms with Gasteiger partial charge in [-0.1, -0.05) is 31.2 Å². The number of anilines is 1. The van der Waals surface area contributed by atoms with Crippen molar-refractivity contribution in [3.8, 4) is 0 Å². The predicted molar refractivity (Wildman–Crippen MR) is 93.8 cm³/mol. The van der Waals surface area contributed by atoms with Gasteiger partial charge in [-0.3, -0.25) is 10.9 Å². The number of thiocarbonyl (C=S) groups is 2. The van der Waals surface area contributed by atoms with Crippen LogP contribution in [0.25, 0.3) is 0 Å². The van der Waals surface area contributed by atoms with E-state index in [1.165, 1.54) is 5.56 Å². The molecule has 0 bridgehead atoms. The molecule has 0 aliphatic rings. The van der Waals surface area contributed by atoms with Crippen LogP contribution in [0.5, 0.6) is 0 Å². The number of hydrazine groups is 1. The molecule has 1 aromatic rings. The van der Waals surface area contributed by atoms with Crippen molar-refractivity contribution in [1.29, 1.82) is 0 Å². The maximum absolute atomic E-state index is 5.24. The second-order valence-corrected chi connectivity index (χ2v) is 4.98. The Labute approximate surface area is 131 Å². The zero-order valence-electron chi connectivity index (χ0n) is 11.7. The largest absolute Gasteiger partial charge is 0.358 e. The summed E-state index contributed by atoms with van der Waals surface area (Å²) in [7, 11) is 0. The SMILES string of the molecule is C=CCNC(=S)NNC(=S)Nc1c(C)cccc1CC. The van der Waals surface area contributed by atoms with E-state index in [2.05, 4.69) is 41.1 Å². The third-order valence-electron chi connectivity index (χ3n) is 2.68. The van der Waals surface area contributed by atoms with Crippen molar-refractivity contribution in [3.63, 3.8) is 0 Å². The van der Waals surface area contributed by atoms with E-state index in [0.29, 0.717) is 16.8 Å². The van der Waals surface area contributed by atoms with Gasteiger partial charge in [0.15, 0.2) is 10.2 Å². The minimum absolute atomic E-state index is 0.467. The predicted octanol–water partition coefficient (Wildman–Crippen LogP) is 2.41. The summed E-state index contributed by atoms with van der Waals surface area (Å²) < 4.78 is 0. The summed E-state index contributed by atoms with van der Waals surface area (Å²) in [4.78, 5) is 0. The molecule has 108 valence electrons. The van der Waals surface area contributed by atoms with Crippen LogP contribution in [0.3, 0.4) is 0 Å². The van der Waals surface area contributed by atoms with Crippen molar-refractivity contribution < 1.29 is 0 Å². The number of benzene rings is 1. The molecule has 0 saturated carbocycles. The number of aryl methyl sites for hydroxylation is 2. The van der Waals surface area contributed by atoms with Crippen molar-refractivity contribution in [2.24, 2.45) is 0 Å². The monoisotopic (exact) mass is 308 g/mol. The van der Waals surface area contributed by atoms with E-state index in [1.807, 2.05) is 19.1 Å². The number of hydrogen-bond acceptors (Lipinski definition) is 2. The van der Waals surface area contributed by atoms with Crippen molar-refractivity contribution >= 4 is 40.3 Å². The Morgan fingerprint density at radius 1 is 1.25 bits per heavy atom. The molecule has 4 nitrogen and oxygen atoms in total. The molecule has 0 radical (unpaired) electrons. The molecule has 0 aliphatic carbocycles. The molecule has 20 heavy (non-hydrogen) atoms. The molecule has 0 spiro atoms. The molecule has 0 aromatic heterocycles. The van der Waals surface area contributed by atoms with E-state index < -0.39 is 0 Å². The van der Waals surface area contributed by atoms with Crippen molar-refractivity contribution in [2.75, 3.05) is 11.9 Å². The summed E-state index contributed by atoms with van der Waals surface area (Å²) in [5, 5.41) is 7.07. The highest BCUT2D eigenvalue weighted by atomic mass is 32.1. The van der Waals surface area contributed by atoms with E-state index in [1.54, 1.807) is 6.08 Å². The molecule has 0 saturated heterocycles. The first kappa shape index (κ1) is 16.4. The van der Waals surface area contributed by atoms with Gasteiger partial charge in [-0.05, 0) is 48.9 Å². The number of nitrogens with one attached hydrogen (secondary N) is 4. The molecule has 0 unspecified atom stereocenters. The summed E-state index contributed by atoms with van der Waals surface area (Å²) in [6.07, 6.45) is 2.67. The van der Waals surface area contributed by atoms with Gasteiger partial charge in [0.1, 0.15) is 0 Å². The highest BCUT2D eigenvalue weighted by molar-refractivity contribution is 7.80. The first-order valence-electron chi connectivity index (χ1n) is 6.38. The summed E-state index contributed by atoms with van der Waals surface area (Å²) in [6, 6.07) is 6.18.